The summed E-state index contributed by atoms with van der Waals surface area (Å²) in [6, 6.07) is 6.81. The Kier molecular flexibility index (Phi) is 7.95. The topological polar surface area (TPSA) is 90.8 Å². The number of hydrogen-bond acceptors (Lipinski definition) is 4. The summed E-state index contributed by atoms with van der Waals surface area (Å²) < 4.78 is 67.3. The number of halogens is 5. The zero-order valence-electron chi connectivity index (χ0n) is 15.4. The molecule has 0 aromatic heterocycles. The molecule has 0 heterocycles. The van der Waals surface area contributed by atoms with Crippen molar-refractivity contribution >= 4 is 6.09 Å². The van der Waals surface area contributed by atoms with Crippen LogP contribution in [0, 0.1) is 11.6 Å². The molecule has 2 rings (SSSR count). The van der Waals surface area contributed by atoms with Crippen LogP contribution in [-0.4, -0.2) is 41.4 Å². The summed E-state index contributed by atoms with van der Waals surface area (Å²) in [6.45, 7) is -0.0897. The molecule has 0 bridgehead atoms. The van der Waals surface area contributed by atoms with Gasteiger partial charge in [0.05, 0.1) is 12.1 Å². The number of amides is 1. The predicted octanol–water partition coefficient (Wildman–Crippen LogP) is 3.19. The molecule has 0 radical (unpaired) electrons. The molecule has 0 aliphatic rings. The maximum absolute atomic E-state index is 13.3. The van der Waals surface area contributed by atoms with Crippen molar-refractivity contribution in [1.82, 2.24) is 10.6 Å². The van der Waals surface area contributed by atoms with Crippen molar-refractivity contribution in [1.29, 1.82) is 0 Å². The molecular weight excluding hydrogens is 415 g/mol. The van der Waals surface area contributed by atoms with Gasteiger partial charge in [-0.3, -0.25) is 0 Å². The number of ether oxygens (including phenoxy) is 1. The second-order valence-corrected chi connectivity index (χ2v) is 6.43. The highest BCUT2D eigenvalue weighted by Gasteiger charge is 2.31. The Morgan fingerprint density at radius 2 is 1.73 bits per heavy atom. The number of carboxylic acid groups (broad SMARTS) is 1. The van der Waals surface area contributed by atoms with E-state index in [-0.39, 0.29) is 25.1 Å². The predicted molar refractivity (Wildman–Crippen MR) is 95.8 cm³/mol. The SMILES string of the molecule is O=C(O)N[C@@H](Cc1cc(F)cc(F)c1)[C@@H](O)CNCc1cccc(OC(F)(F)F)c1. The summed E-state index contributed by atoms with van der Waals surface area (Å²) in [4.78, 5) is 11.0. The number of hydrogen-bond donors (Lipinski definition) is 4. The molecule has 0 unspecified atom stereocenters. The molecule has 30 heavy (non-hydrogen) atoms. The molecule has 4 N–H and O–H groups in total. The smallest absolute Gasteiger partial charge is 0.465 e. The molecule has 11 heteroatoms. The van der Waals surface area contributed by atoms with Crippen molar-refractivity contribution in [2.75, 3.05) is 6.54 Å². The Balaban J connectivity index is 1.96. The molecule has 2 aromatic rings. The van der Waals surface area contributed by atoms with Gasteiger partial charge in [0.2, 0.25) is 0 Å². The van der Waals surface area contributed by atoms with Crippen molar-refractivity contribution < 1.29 is 41.7 Å². The summed E-state index contributed by atoms with van der Waals surface area (Å²) in [6.07, 6.45) is -7.73. The molecule has 0 spiro atoms. The summed E-state index contributed by atoms with van der Waals surface area (Å²) in [7, 11) is 0. The number of aliphatic hydroxyl groups is 1. The Labute approximate surface area is 168 Å². The van der Waals surface area contributed by atoms with Crippen LogP contribution in [0.15, 0.2) is 42.5 Å². The van der Waals surface area contributed by atoms with Gasteiger partial charge in [-0.05, 0) is 41.8 Å². The van der Waals surface area contributed by atoms with Gasteiger partial charge in [0.15, 0.2) is 0 Å². The highest BCUT2D eigenvalue weighted by molar-refractivity contribution is 5.65. The van der Waals surface area contributed by atoms with Crippen LogP contribution in [0.2, 0.25) is 0 Å². The van der Waals surface area contributed by atoms with Gasteiger partial charge in [0.25, 0.3) is 0 Å². The fraction of sp³-hybridized carbons (Fsp3) is 0.316. The first kappa shape index (κ1) is 23.4. The van der Waals surface area contributed by atoms with Gasteiger partial charge in [-0.25, -0.2) is 13.6 Å². The molecule has 0 aliphatic heterocycles. The Bertz CT molecular complexity index is 843. The minimum atomic E-state index is -4.83. The van der Waals surface area contributed by atoms with E-state index < -0.39 is 42.0 Å². The maximum Gasteiger partial charge on any atom is 0.573 e. The molecule has 0 aliphatic carbocycles. The second kappa shape index (κ2) is 10.2. The van der Waals surface area contributed by atoms with E-state index in [4.69, 9.17) is 5.11 Å². The average Bonchev–Trinajstić information content (AvgIpc) is 2.58. The van der Waals surface area contributed by atoms with Crippen molar-refractivity contribution in [2.45, 2.75) is 31.5 Å². The number of rotatable bonds is 9. The fourth-order valence-corrected chi connectivity index (χ4v) is 2.78. The first-order valence-corrected chi connectivity index (χ1v) is 8.70. The number of aliphatic hydroxyl groups excluding tert-OH is 1. The first-order chi connectivity index (χ1) is 14.0. The van der Waals surface area contributed by atoms with Crippen LogP contribution >= 0.6 is 0 Å². The van der Waals surface area contributed by atoms with E-state index in [0.29, 0.717) is 11.6 Å². The summed E-state index contributed by atoms with van der Waals surface area (Å²) in [5, 5.41) is 24.1. The van der Waals surface area contributed by atoms with Crippen LogP contribution in [0.1, 0.15) is 11.1 Å². The average molecular weight is 434 g/mol. The van der Waals surface area contributed by atoms with Gasteiger partial charge in [-0.2, -0.15) is 0 Å². The minimum Gasteiger partial charge on any atom is -0.465 e. The van der Waals surface area contributed by atoms with Crippen molar-refractivity contribution in [3.8, 4) is 5.75 Å². The summed E-state index contributed by atoms with van der Waals surface area (Å²) >= 11 is 0. The van der Waals surface area contributed by atoms with Gasteiger partial charge in [0.1, 0.15) is 17.4 Å². The zero-order chi connectivity index (χ0) is 22.3. The fourth-order valence-electron chi connectivity index (χ4n) is 2.78. The Morgan fingerprint density at radius 1 is 1.07 bits per heavy atom. The molecule has 1 amide bonds. The third-order valence-electron chi connectivity index (χ3n) is 3.97. The lowest BCUT2D eigenvalue weighted by molar-refractivity contribution is -0.274. The quantitative estimate of drug-likeness (QED) is 0.455. The monoisotopic (exact) mass is 434 g/mol. The standard InChI is InChI=1S/C19H19F5N2O4/c20-13-4-12(5-14(21)8-13)7-16(26-18(28)29)17(27)10-25-9-11-2-1-3-15(6-11)30-19(22,23)24/h1-6,8,16-17,25-27H,7,9-10H2,(H,28,29)/t16-,17-/m0/s1. The Morgan fingerprint density at radius 3 is 2.33 bits per heavy atom. The van der Waals surface area contributed by atoms with Gasteiger partial charge in [-0.1, -0.05) is 12.1 Å². The summed E-state index contributed by atoms with van der Waals surface area (Å²) in [5.74, 6) is -2.08. The molecule has 0 saturated heterocycles. The first-order valence-electron chi connectivity index (χ1n) is 8.70. The van der Waals surface area contributed by atoms with Gasteiger partial charge in [-0.15, -0.1) is 13.2 Å². The van der Waals surface area contributed by atoms with Gasteiger partial charge >= 0.3 is 12.5 Å². The van der Waals surface area contributed by atoms with E-state index in [1.165, 1.54) is 12.1 Å². The van der Waals surface area contributed by atoms with Crippen LogP contribution in [0.5, 0.6) is 5.75 Å². The van der Waals surface area contributed by atoms with E-state index in [2.05, 4.69) is 15.4 Å². The van der Waals surface area contributed by atoms with E-state index in [0.717, 1.165) is 24.3 Å². The highest BCUT2D eigenvalue weighted by Crippen LogP contribution is 2.23. The van der Waals surface area contributed by atoms with Crippen LogP contribution in [0.25, 0.3) is 0 Å². The molecule has 0 saturated carbocycles. The molecule has 164 valence electrons. The van der Waals surface area contributed by atoms with Crippen molar-refractivity contribution in [2.24, 2.45) is 0 Å². The molecule has 6 nitrogen and oxygen atoms in total. The number of carbonyl (C=O) groups is 1. The third kappa shape index (κ3) is 8.21. The van der Waals surface area contributed by atoms with Crippen LogP contribution in [0.4, 0.5) is 26.7 Å². The molecular formula is C19H19F5N2O4. The largest absolute Gasteiger partial charge is 0.573 e. The normalized spacial score (nSPS) is 13.5. The molecule has 2 aromatic carbocycles. The lowest BCUT2D eigenvalue weighted by atomic mass is 10.0. The summed E-state index contributed by atoms with van der Waals surface area (Å²) in [5.41, 5.74) is 0.571. The van der Waals surface area contributed by atoms with Gasteiger partial charge < -0.3 is 25.6 Å². The van der Waals surface area contributed by atoms with Crippen LogP contribution in [-0.2, 0) is 13.0 Å². The van der Waals surface area contributed by atoms with Crippen LogP contribution in [0.3, 0.4) is 0 Å². The molecule has 2 atom stereocenters. The maximum atomic E-state index is 13.3. The van der Waals surface area contributed by atoms with Crippen molar-refractivity contribution in [3.05, 3.63) is 65.2 Å². The van der Waals surface area contributed by atoms with Crippen molar-refractivity contribution in [3.63, 3.8) is 0 Å². The number of benzene rings is 2. The lowest BCUT2D eigenvalue weighted by Gasteiger charge is -2.23. The third-order valence-corrected chi connectivity index (χ3v) is 3.97. The highest BCUT2D eigenvalue weighted by atomic mass is 19.4. The van der Waals surface area contributed by atoms with E-state index in [9.17, 15) is 31.9 Å². The number of alkyl halides is 3. The second-order valence-electron chi connectivity index (χ2n) is 6.43. The van der Waals surface area contributed by atoms with Gasteiger partial charge in [0, 0.05) is 19.2 Å². The van der Waals surface area contributed by atoms with E-state index in [1.54, 1.807) is 0 Å². The number of nitrogens with one attached hydrogen (secondary N) is 2. The molecule has 0 fully saturated rings. The van der Waals surface area contributed by atoms with E-state index >= 15 is 0 Å². The van der Waals surface area contributed by atoms with E-state index in [1.807, 2.05) is 0 Å². The van der Waals surface area contributed by atoms with Crippen LogP contribution < -0.4 is 15.4 Å². The minimum absolute atomic E-state index is 0.0561. The zero-order valence-corrected chi connectivity index (χ0v) is 15.4. The Hall–Kier alpha value is -2.92. The lowest BCUT2D eigenvalue weighted by Crippen LogP contribution is -2.48.